The molecule has 2 N–H and O–H groups in total. The number of rotatable bonds is 2. The molecule has 0 unspecified atom stereocenters. The van der Waals surface area contributed by atoms with Gasteiger partial charge in [0.2, 0.25) is 0 Å². The predicted molar refractivity (Wildman–Crippen MR) is 75.8 cm³/mol. The number of anilines is 1. The van der Waals surface area contributed by atoms with Crippen LogP contribution in [0.5, 0.6) is 0 Å². The maximum Gasteiger partial charge on any atom is 0.335 e. The molecule has 0 amide bonds. The molecule has 0 aliphatic rings. The van der Waals surface area contributed by atoms with Gasteiger partial charge in [0.1, 0.15) is 5.82 Å². The number of nitrogens with one attached hydrogen (secondary N) is 1. The number of benzene rings is 2. The topological polar surface area (TPSA) is 62.2 Å². The molecule has 0 saturated carbocycles. The van der Waals surface area contributed by atoms with Gasteiger partial charge in [0.05, 0.1) is 5.56 Å². The number of hydrogen-bond acceptors (Lipinski definition) is 3. The summed E-state index contributed by atoms with van der Waals surface area (Å²) in [4.78, 5) is 15.3. The predicted octanol–water partition coefficient (Wildman–Crippen LogP) is 3.13. The molecule has 0 spiro atoms. The zero-order chi connectivity index (χ0) is 13.4. The maximum absolute atomic E-state index is 11.0. The molecule has 0 fully saturated rings. The highest BCUT2D eigenvalue weighted by molar-refractivity contribution is 6.13. The molecular formula is C15H12N2O2. The Hall–Kier alpha value is -2.62. The van der Waals surface area contributed by atoms with Gasteiger partial charge in [0, 0.05) is 18.6 Å². The standard InChI is InChI=1S/C15H12N2O2/c1-16-14-13-9(6-7-17-14)2-3-10-8-11(15(18)19)4-5-12(10)13/h2-8H,1H3,(H,16,17)(H,18,19). The molecule has 1 aromatic heterocycles. The summed E-state index contributed by atoms with van der Waals surface area (Å²) in [5.74, 6) is -0.117. The highest BCUT2D eigenvalue weighted by atomic mass is 16.4. The van der Waals surface area contributed by atoms with Crippen molar-refractivity contribution >= 4 is 33.3 Å². The normalized spacial score (nSPS) is 10.8. The van der Waals surface area contributed by atoms with E-state index in [1.165, 1.54) is 0 Å². The second kappa shape index (κ2) is 4.24. The smallest absolute Gasteiger partial charge is 0.335 e. The van der Waals surface area contributed by atoms with Crippen LogP contribution in [0, 0.1) is 0 Å². The fraction of sp³-hybridized carbons (Fsp3) is 0.0667. The molecule has 3 aromatic rings. The van der Waals surface area contributed by atoms with E-state index in [1.54, 1.807) is 18.3 Å². The molecule has 4 heteroatoms. The summed E-state index contributed by atoms with van der Waals surface area (Å²) in [6.45, 7) is 0. The van der Waals surface area contributed by atoms with Crippen LogP contribution in [0.2, 0.25) is 0 Å². The number of pyridine rings is 1. The molecule has 0 aliphatic carbocycles. The molecule has 3 rings (SSSR count). The van der Waals surface area contributed by atoms with E-state index in [1.807, 2.05) is 31.3 Å². The minimum atomic E-state index is -0.915. The Morgan fingerprint density at radius 3 is 2.68 bits per heavy atom. The van der Waals surface area contributed by atoms with Gasteiger partial charge in [-0.05, 0) is 34.4 Å². The van der Waals surface area contributed by atoms with Crippen molar-refractivity contribution in [2.45, 2.75) is 0 Å². The largest absolute Gasteiger partial charge is 0.478 e. The van der Waals surface area contributed by atoms with Crippen molar-refractivity contribution in [1.29, 1.82) is 0 Å². The number of aromatic nitrogens is 1. The van der Waals surface area contributed by atoms with Gasteiger partial charge in [-0.1, -0.05) is 18.2 Å². The number of nitrogens with zero attached hydrogens (tertiary/aromatic N) is 1. The summed E-state index contributed by atoms with van der Waals surface area (Å²) in [6.07, 6.45) is 1.76. The Kier molecular flexibility index (Phi) is 2.56. The zero-order valence-corrected chi connectivity index (χ0v) is 10.3. The Bertz CT molecular complexity index is 797. The SMILES string of the molecule is CNc1nccc2ccc3cc(C(=O)O)ccc3c12. The number of carbonyl (C=O) groups is 1. The second-order valence-corrected chi connectivity index (χ2v) is 4.31. The van der Waals surface area contributed by atoms with Crippen LogP contribution in [0.4, 0.5) is 5.82 Å². The van der Waals surface area contributed by atoms with Crippen LogP contribution in [-0.4, -0.2) is 23.1 Å². The minimum absolute atomic E-state index is 0.293. The maximum atomic E-state index is 11.0. The van der Waals surface area contributed by atoms with E-state index in [9.17, 15) is 4.79 Å². The summed E-state index contributed by atoms with van der Waals surface area (Å²) >= 11 is 0. The minimum Gasteiger partial charge on any atom is -0.478 e. The molecule has 2 aromatic carbocycles. The van der Waals surface area contributed by atoms with Crippen molar-refractivity contribution in [3.8, 4) is 0 Å². The van der Waals surface area contributed by atoms with E-state index in [4.69, 9.17) is 5.11 Å². The summed E-state index contributed by atoms with van der Waals surface area (Å²) in [5, 5.41) is 16.1. The van der Waals surface area contributed by atoms with Gasteiger partial charge in [-0.25, -0.2) is 9.78 Å². The summed E-state index contributed by atoms with van der Waals surface area (Å²) in [6, 6.07) is 11.0. The zero-order valence-electron chi connectivity index (χ0n) is 10.3. The Balaban J connectivity index is 2.43. The van der Waals surface area contributed by atoms with E-state index in [0.29, 0.717) is 5.56 Å². The number of fused-ring (bicyclic) bond motifs is 3. The average molecular weight is 252 g/mol. The Morgan fingerprint density at radius 1 is 1.16 bits per heavy atom. The summed E-state index contributed by atoms with van der Waals surface area (Å²) < 4.78 is 0. The van der Waals surface area contributed by atoms with E-state index < -0.39 is 5.97 Å². The van der Waals surface area contributed by atoms with E-state index >= 15 is 0 Å². The molecule has 0 saturated heterocycles. The van der Waals surface area contributed by atoms with Gasteiger partial charge < -0.3 is 10.4 Å². The molecule has 0 bridgehead atoms. The monoisotopic (exact) mass is 252 g/mol. The van der Waals surface area contributed by atoms with Crippen molar-refractivity contribution in [2.75, 3.05) is 12.4 Å². The lowest BCUT2D eigenvalue weighted by atomic mass is 10.0. The van der Waals surface area contributed by atoms with Crippen molar-refractivity contribution in [3.05, 3.63) is 48.2 Å². The number of aromatic carboxylic acids is 1. The number of carboxylic acids is 1. The lowest BCUT2D eigenvalue weighted by Crippen LogP contribution is -1.96. The first-order valence-electron chi connectivity index (χ1n) is 5.93. The fourth-order valence-corrected chi connectivity index (χ4v) is 2.33. The molecule has 0 atom stereocenters. The van der Waals surface area contributed by atoms with Crippen molar-refractivity contribution in [3.63, 3.8) is 0 Å². The fourth-order valence-electron chi connectivity index (χ4n) is 2.33. The Morgan fingerprint density at radius 2 is 1.95 bits per heavy atom. The third-order valence-corrected chi connectivity index (χ3v) is 3.23. The van der Waals surface area contributed by atoms with Crippen molar-refractivity contribution < 1.29 is 9.90 Å². The van der Waals surface area contributed by atoms with Crippen LogP contribution < -0.4 is 5.32 Å². The molecule has 1 heterocycles. The van der Waals surface area contributed by atoms with Crippen LogP contribution in [-0.2, 0) is 0 Å². The lowest BCUT2D eigenvalue weighted by molar-refractivity contribution is 0.0697. The van der Waals surface area contributed by atoms with E-state index in [2.05, 4.69) is 10.3 Å². The highest BCUT2D eigenvalue weighted by Gasteiger charge is 2.08. The van der Waals surface area contributed by atoms with E-state index in [-0.39, 0.29) is 0 Å². The van der Waals surface area contributed by atoms with Gasteiger partial charge >= 0.3 is 5.97 Å². The van der Waals surface area contributed by atoms with Crippen LogP contribution in [0.1, 0.15) is 10.4 Å². The third kappa shape index (κ3) is 1.78. The third-order valence-electron chi connectivity index (χ3n) is 3.23. The van der Waals surface area contributed by atoms with Gasteiger partial charge in [-0.15, -0.1) is 0 Å². The van der Waals surface area contributed by atoms with E-state index in [0.717, 1.165) is 27.4 Å². The van der Waals surface area contributed by atoms with Gasteiger partial charge in [0.15, 0.2) is 0 Å². The summed E-state index contributed by atoms with van der Waals surface area (Å²) in [5.41, 5.74) is 0.293. The molecule has 4 nitrogen and oxygen atoms in total. The van der Waals surface area contributed by atoms with Gasteiger partial charge in [0.25, 0.3) is 0 Å². The number of carboxylic acid groups (broad SMARTS) is 1. The van der Waals surface area contributed by atoms with Gasteiger partial charge in [-0.3, -0.25) is 0 Å². The highest BCUT2D eigenvalue weighted by Crippen LogP contribution is 2.30. The lowest BCUT2D eigenvalue weighted by Gasteiger charge is -2.09. The first-order valence-corrected chi connectivity index (χ1v) is 5.93. The second-order valence-electron chi connectivity index (χ2n) is 4.31. The molecule has 0 aliphatic heterocycles. The van der Waals surface area contributed by atoms with Crippen LogP contribution in [0.3, 0.4) is 0 Å². The summed E-state index contributed by atoms with van der Waals surface area (Å²) in [7, 11) is 1.83. The number of hydrogen-bond donors (Lipinski definition) is 2. The average Bonchev–Trinajstić information content (AvgIpc) is 2.45. The first-order chi connectivity index (χ1) is 9.20. The first kappa shape index (κ1) is 11.5. The van der Waals surface area contributed by atoms with Crippen LogP contribution in [0.25, 0.3) is 21.5 Å². The van der Waals surface area contributed by atoms with Crippen molar-refractivity contribution in [1.82, 2.24) is 4.98 Å². The Labute approximate surface area is 109 Å². The molecular weight excluding hydrogens is 240 g/mol. The quantitative estimate of drug-likeness (QED) is 0.688. The van der Waals surface area contributed by atoms with Crippen molar-refractivity contribution in [2.24, 2.45) is 0 Å². The van der Waals surface area contributed by atoms with Gasteiger partial charge in [-0.2, -0.15) is 0 Å². The van der Waals surface area contributed by atoms with Crippen LogP contribution >= 0.6 is 0 Å². The molecule has 19 heavy (non-hydrogen) atoms. The van der Waals surface area contributed by atoms with Crippen LogP contribution in [0.15, 0.2) is 42.6 Å². The molecule has 94 valence electrons. The molecule has 0 radical (unpaired) electrons.